The van der Waals surface area contributed by atoms with Crippen molar-refractivity contribution in [2.75, 3.05) is 45.3 Å². The molecule has 0 atom stereocenters. The SMILES string of the molecule is COc1ccc(-c2nc(C3CCCCC3)oc2C(=O)N2CCN(c3cccc(Cl)c3)CC2)cc1OC. The molecule has 2 aliphatic rings. The zero-order valence-corrected chi connectivity index (χ0v) is 21.6. The van der Waals surface area contributed by atoms with Gasteiger partial charge in [0, 0.05) is 48.4 Å². The van der Waals surface area contributed by atoms with Crippen molar-refractivity contribution in [1.29, 1.82) is 0 Å². The Balaban J connectivity index is 1.42. The number of halogens is 1. The third kappa shape index (κ3) is 5.03. The van der Waals surface area contributed by atoms with Gasteiger partial charge in [0.15, 0.2) is 17.4 Å². The fourth-order valence-electron chi connectivity index (χ4n) is 5.17. The van der Waals surface area contributed by atoms with E-state index in [0.717, 1.165) is 50.0 Å². The average molecular weight is 510 g/mol. The highest BCUT2D eigenvalue weighted by Gasteiger charge is 2.31. The predicted molar refractivity (Wildman–Crippen MR) is 140 cm³/mol. The maximum Gasteiger partial charge on any atom is 0.292 e. The lowest BCUT2D eigenvalue weighted by Crippen LogP contribution is -2.48. The van der Waals surface area contributed by atoms with Gasteiger partial charge in [0.1, 0.15) is 5.69 Å². The molecule has 2 fully saturated rings. The molecule has 0 unspecified atom stereocenters. The van der Waals surface area contributed by atoms with E-state index in [2.05, 4.69) is 4.90 Å². The second kappa shape index (κ2) is 10.8. The molecule has 1 amide bonds. The minimum absolute atomic E-state index is 0.125. The monoisotopic (exact) mass is 509 g/mol. The quantitative estimate of drug-likeness (QED) is 0.404. The van der Waals surface area contributed by atoms with Gasteiger partial charge < -0.3 is 23.7 Å². The van der Waals surface area contributed by atoms with Crippen LogP contribution in [0.4, 0.5) is 5.69 Å². The number of rotatable bonds is 6. The molecule has 2 aromatic carbocycles. The zero-order valence-electron chi connectivity index (χ0n) is 20.8. The first kappa shape index (κ1) is 24.5. The molecule has 2 heterocycles. The smallest absolute Gasteiger partial charge is 0.292 e. The third-order valence-corrected chi connectivity index (χ3v) is 7.42. The van der Waals surface area contributed by atoms with Crippen molar-refractivity contribution < 1.29 is 18.7 Å². The highest BCUT2D eigenvalue weighted by atomic mass is 35.5. The van der Waals surface area contributed by atoms with E-state index in [-0.39, 0.29) is 11.8 Å². The van der Waals surface area contributed by atoms with Crippen LogP contribution in [0.3, 0.4) is 0 Å². The van der Waals surface area contributed by atoms with Crippen molar-refractivity contribution in [2.24, 2.45) is 0 Å². The first-order chi connectivity index (χ1) is 17.6. The van der Waals surface area contributed by atoms with Crippen molar-refractivity contribution in [3.05, 3.63) is 59.1 Å². The number of amides is 1. The summed E-state index contributed by atoms with van der Waals surface area (Å²) < 4.78 is 17.2. The molecule has 36 heavy (non-hydrogen) atoms. The van der Waals surface area contributed by atoms with Crippen molar-refractivity contribution in [2.45, 2.75) is 38.0 Å². The topological polar surface area (TPSA) is 68.0 Å². The predicted octanol–water partition coefficient (Wildman–Crippen LogP) is 6.02. The summed E-state index contributed by atoms with van der Waals surface area (Å²) in [7, 11) is 3.20. The molecule has 1 aliphatic heterocycles. The van der Waals surface area contributed by atoms with Gasteiger partial charge in [-0.25, -0.2) is 4.98 Å². The number of methoxy groups -OCH3 is 2. The van der Waals surface area contributed by atoms with Crippen LogP contribution in [0.15, 0.2) is 46.9 Å². The Kier molecular flexibility index (Phi) is 7.37. The lowest BCUT2D eigenvalue weighted by atomic mass is 9.89. The molecule has 7 nitrogen and oxygen atoms in total. The lowest BCUT2D eigenvalue weighted by molar-refractivity contribution is 0.0712. The van der Waals surface area contributed by atoms with E-state index in [1.54, 1.807) is 14.2 Å². The Morgan fingerprint density at radius 3 is 2.42 bits per heavy atom. The molecular weight excluding hydrogens is 478 g/mol. The van der Waals surface area contributed by atoms with Gasteiger partial charge in [-0.05, 0) is 49.2 Å². The third-order valence-electron chi connectivity index (χ3n) is 7.19. The van der Waals surface area contributed by atoms with Crippen LogP contribution in [0, 0.1) is 0 Å². The van der Waals surface area contributed by atoms with Gasteiger partial charge in [0.25, 0.3) is 5.91 Å². The Bertz CT molecular complexity index is 1210. The first-order valence-corrected chi connectivity index (χ1v) is 13.0. The molecular formula is C28H32ClN3O4. The maximum atomic E-state index is 13.8. The number of oxazole rings is 1. The number of aromatic nitrogens is 1. The second-order valence-electron chi connectivity index (χ2n) is 9.39. The normalized spacial score (nSPS) is 16.8. The van der Waals surface area contributed by atoms with Crippen LogP contribution in [0.25, 0.3) is 11.3 Å². The Labute approximate surface area is 217 Å². The number of piperazine rings is 1. The summed E-state index contributed by atoms with van der Waals surface area (Å²) >= 11 is 6.18. The zero-order chi connectivity index (χ0) is 25.1. The Morgan fingerprint density at radius 1 is 0.972 bits per heavy atom. The summed E-state index contributed by atoms with van der Waals surface area (Å²) in [4.78, 5) is 22.8. The molecule has 0 N–H and O–H groups in total. The summed E-state index contributed by atoms with van der Waals surface area (Å²) in [5.74, 6) is 2.31. The molecule has 8 heteroatoms. The van der Waals surface area contributed by atoms with Crippen molar-refractivity contribution in [3.8, 4) is 22.8 Å². The van der Waals surface area contributed by atoms with Crippen molar-refractivity contribution >= 4 is 23.2 Å². The number of anilines is 1. The van der Waals surface area contributed by atoms with Gasteiger partial charge in [-0.1, -0.05) is 36.9 Å². The molecule has 1 saturated carbocycles. The Morgan fingerprint density at radius 2 is 1.72 bits per heavy atom. The van der Waals surface area contributed by atoms with Gasteiger partial charge in [-0.2, -0.15) is 0 Å². The second-order valence-corrected chi connectivity index (χ2v) is 9.83. The molecule has 0 radical (unpaired) electrons. The van der Waals surface area contributed by atoms with Crippen molar-refractivity contribution in [1.82, 2.24) is 9.88 Å². The highest BCUT2D eigenvalue weighted by Crippen LogP contribution is 2.38. The van der Waals surface area contributed by atoms with Crippen molar-refractivity contribution in [3.63, 3.8) is 0 Å². The molecule has 3 aromatic rings. The fraction of sp³-hybridized carbons (Fsp3) is 0.429. The van der Waals surface area contributed by atoms with Crippen LogP contribution >= 0.6 is 11.6 Å². The van der Waals surface area contributed by atoms with Crippen LogP contribution in [0.1, 0.15) is 54.5 Å². The average Bonchev–Trinajstić information content (AvgIpc) is 3.38. The van der Waals surface area contributed by atoms with E-state index in [9.17, 15) is 4.79 Å². The highest BCUT2D eigenvalue weighted by molar-refractivity contribution is 6.30. The summed E-state index contributed by atoms with van der Waals surface area (Å²) in [5.41, 5.74) is 2.41. The van der Waals surface area contributed by atoms with Gasteiger partial charge in [0.05, 0.1) is 14.2 Å². The summed E-state index contributed by atoms with van der Waals surface area (Å²) in [6.07, 6.45) is 5.64. The van der Waals surface area contributed by atoms with E-state index in [1.165, 1.54) is 6.42 Å². The number of hydrogen-bond donors (Lipinski definition) is 0. The molecule has 190 valence electrons. The number of nitrogens with zero attached hydrogens (tertiary/aromatic N) is 3. The Hall–Kier alpha value is -3.19. The standard InChI is InChI=1S/C28H32ClN3O4/c1-34-23-12-11-20(17-24(23)35-2)25-26(36-27(30-25)19-7-4-3-5-8-19)28(33)32-15-13-31(14-16-32)22-10-6-9-21(29)18-22/h6,9-12,17-19H,3-5,7-8,13-16H2,1-2H3. The lowest BCUT2D eigenvalue weighted by Gasteiger charge is -2.35. The van der Waals surface area contributed by atoms with E-state index >= 15 is 0 Å². The maximum absolute atomic E-state index is 13.8. The van der Waals surface area contributed by atoms with Gasteiger partial charge in [0.2, 0.25) is 5.76 Å². The van der Waals surface area contributed by atoms with E-state index < -0.39 is 0 Å². The summed E-state index contributed by atoms with van der Waals surface area (Å²) in [6.45, 7) is 2.63. The van der Waals surface area contributed by atoms with Gasteiger partial charge in [-0.15, -0.1) is 0 Å². The largest absolute Gasteiger partial charge is 0.493 e. The van der Waals surface area contributed by atoms with Gasteiger partial charge >= 0.3 is 0 Å². The van der Waals surface area contributed by atoms with E-state index in [0.29, 0.717) is 47.0 Å². The molecule has 5 rings (SSSR count). The summed E-state index contributed by atoms with van der Waals surface area (Å²) in [6, 6.07) is 13.4. The van der Waals surface area contributed by atoms with Crippen LogP contribution in [-0.2, 0) is 0 Å². The minimum atomic E-state index is -0.125. The number of carbonyl (C=O) groups excluding carboxylic acids is 1. The molecule has 1 aliphatic carbocycles. The van der Waals surface area contributed by atoms with Crippen LogP contribution in [0.2, 0.25) is 5.02 Å². The molecule has 1 aromatic heterocycles. The number of hydrogen-bond acceptors (Lipinski definition) is 6. The van der Waals surface area contributed by atoms with E-state index in [4.69, 9.17) is 30.5 Å². The summed E-state index contributed by atoms with van der Waals surface area (Å²) in [5, 5.41) is 0.711. The first-order valence-electron chi connectivity index (χ1n) is 12.6. The van der Waals surface area contributed by atoms with E-state index in [1.807, 2.05) is 47.4 Å². The molecule has 0 spiro atoms. The fourth-order valence-corrected chi connectivity index (χ4v) is 5.35. The van der Waals surface area contributed by atoms with Crippen LogP contribution in [-0.4, -0.2) is 56.2 Å². The number of ether oxygens (including phenoxy) is 2. The van der Waals surface area contributed by atoms with Crippen LogP contribution < -0.4 is 14.4 Å². The molecule has 0 bridgehead atoms. The minimum Gasteiger partial charge on any atom is -0.493 e. The number of benzene rings is 2. The van der Waals surface area contributed by atoms with Crippen LogP contribution in [0.5, 0.6) is 11.5 Å². The molecule has 1 saturated heterocycles. The van der Waals surface area contributed by atoms with Gasteiger partial charge in [-0.3, -0.25) is 4.79 Å². The number of carbonyl (C=O) groups is 1.